The summed E-state index contributed by atoms with van der Waals surface area (Å²) in [4.78, 5) is 72.5. The van der Waals surface area contributed by atoms with Crippen molar-refractivity contribution in [2.45, 2.75) is 37.9 Å². The van der Waals surface area contributed by atoms with Gasteiger partial charge in [0, 0.05) is 61.7 Å². The van der Waals surface area contributed by atoms with Gasteiger partial charge in [-0.25, -0.2) is 28.5 Å². The molecule has 2 atom stereocenters. The van der Waals surface area contributed by atoms with Gasteiger partial charge in [-0.15, -0.1) is 0 Å². The lowest BCUT2D eigenvalue weighted by atomic mass is 9.69. The summed E-state index contributed by atoms with van der Waals surface area (Å²) in [6, 6.07) is 7.25. The number of benzene rings is 2. The number of ether oxygens (including phenoxy) is 3. The van der Waals surface area contributed by atoms with Crippen LogP contribution < -0.4 is 31.1 Å². The van der Waals surface area contributed by atoms with E-state index in [9.17, 15) is 29.1 Å². The number of hydrogen-bond acceptors (Lipinski definition) is 10. The van der Waals surface area contributed by atoms with Crippen molar-refractivity contribution >= 4 is 38.5 Å². The monoisotopic (exact) mass is 731 g/mol. The molecule has 4 aromatic rings. The van der Waals surface area contributed by atoms with Crippen LogP contribution >= 0.6 is 15.9 Å². The molecular formula is C34H30BrN5O9. The van der Waals surface area contributed by atoms with Crippen LogP contribution in [0.5, 0.6) is 23.0 Å². The number of phenolic OH excluding ortho intramolecular Hbond substituents is 1. The molecule has 7 rings (SSSR count). The zero-order valence-electron chi connectivity index (χ0n) is 26.9. The highest BCUT2D eigenvalue weighted by Crippen LogP contribution is 2.50. The second kappa shape index (κ2) is 11.9. The molecule has 2 aromatic heterocycles. The number of Topliss-reactive ketones (excluding diaryl/α,β-unsaturated/α-hetero) is 1. The van der Waals surface area contributed by atoms with E-state index < -0.39 is 34.7 Å². The van der Waals surface area contributed by atoms with Gasteiger partial charge in [0.2, 0.25) is 0 Å². The highest BCUT2D eigenvalue weighted by molar-refractivity contribution is 9.12. The Hall–Kier alpha value is -5.44. The predicted octanol–water partition coefficient (Wildman–Crippen LogP) is 2.43. The fraction of sp³-hybridized carbons (Fsp3) is 0.294. The van der Waals surface area contributed by atoms with Gasteiger partial charge in [0.15, 0.2) is 34.6 Å². The van der Waals surface area contributed by atoms with Gasteiger partial charge in [-0.3, -0.25) is 14.4 Å². The van der Waals surface area contributed by atoms with Crippen LogP contribution in [0.25, 0.3) is 11.0 Å². The maximum absolute atomic E-state index is 14.1. The van der Waals surface area contributed by atoms with Gasteiger partial charge in [-0.05, 0) is 39.2 Å². The second-order valence-corrected chi connectivity index (χ2v) is 12.7. The molecule has 14 nitrogen and oxygen atoms in total. The van der Waals surface area contributed by atoms with Gasteiger partial charge in [0.05, 0.1) is 49.4 Å². The fourth-order valence-corrected chi connectivity index (χ4v) is 7.52. The minimum Gasteiger partial charge on any atom is -0.504 e. The normalized spacial score (nSPS) is 18.5. The first-order valence-electron chi connectivity index (χ1n) is 15.3. The van der Waals surface area contributed by atoms with Crippen molar-refractivity contribution in [1.82, 2.24) is 23.5 Å². The Morgan fingerprint density at radius 2 is 1.67 bits per heavy atom. The van der Waals surface area contributed by atoms with E-state index in [0.717, 1.165) is 4.57 Å². The van der Waals surface area contributed by atoms with Crippen LogP contribution in [-0.4, -0.2) is 61.5 Å². The smallest absolute Gasteiger partial charge is 0.347 e. The number of halogens is 1. The van der Waals surface area contributed by atoms with Crippen molar-refractivity contribution in [2.24, 2.45) is 7.05 Å². The molecule has 0 spiro atoms. The number of rotatable bonds is 7. The number of carbonyl (C=O) groups is 2. The Morgan fingerprint density at radius 3 is 2.37 bits per heavy atom. The molecule has 0 saturated heterocycles. The van der Waals surface area contributed by atoms with E-state index >= 15 is 0 Å². The number of nitrogens with zero attached hydrogens (tertiary/aromatic N) is 5. The third-order valence-electron chi connectivity index (χ3n) is 9.43. The van der Waals surface area contributed by atoms with Crippen LogP contribution in [0, 0.1) is 0 Å². The van der Waals surface area contributed by atoms with Gasteiger partial charge in [-0.1, -0.05) is 12.1 Å². The maximum Gasteiger partial charge on any atom is 0.347 e. The van der Waals surface area contributed by atoms with Crippen molar-refractivity contribution in [3.63, 3.8) is 0 Å². The topological polar surface area (TPSA) is 166 Å². The van der Waals surface area contributed by atoms with E-state index in [1.807, 2.05) is 0 Å². The molecule has 0 bridgehead atoms. The van der Waals surface area contributed by atoms with Crippen LogP contribution in [-0.2, 0) is 36.1 Å². The van der Waals surface area contributed by atoms with Crippen molar-refractivity contribution in [3.05, 3.63) is 106 Å². The molecule has 2 unspecified atom stereocenters. The molecule has 0 fully saturated rings. The minimum absolute atomic E-state index is 0.00521. The molecule has 15 heteroatoms. The SMILES string of the molecule is COc1ccc(C2C3=CCn4c(=O)n(CCc5nc6cc(OC)c(OC)cc6n(C)c5=O)c(=O)n4C3CC3=C2C(=O)C=C(Br)C3=O)cc1O. The van der Waals surface area contributed by atoms with Crippen molar-refractivity contribution in [1.29, 1.82) is 0 Å². The summed E-state index contributed by atoms with van der Waals surface area (Å²) in [5, 5.41) is 10.6. The molecule has 3 aliphatic rings. The Morgan fingerprint density at radius 1 is 0.959 bits per heavy atom. The van der Waals surface area contributed by atoms with Crippen LogP contribution in [0.4, 0.5) is 0 Å². The highest BCUT2D eigenvalue weighted by Gasteiger charge is 2.45. The number of ketones is 2. The maximum atomic E-state index is 14.1. The average molecular weight is 733 g/mol. The molecule has 0 amide bonds. The number of aryl methyl sites for hydroxylation is 2. The summed E-state index contributed by atoms with van der Waals surface area (Å²) in [6.45, 7) is -0.114. The lowest BCUT2D eigenvalue weighted by Gasteiger charge is -2.39. The largest absolute Gasteiger partial charge is 0.504 e. The standard InChI is InChI=1S/C34H30BrN5O9/c1-37-23-15-28(49-4)27(48-3)14-21(23)36-20(32(37)44)8-9-38-33(45)39-10-7-17-22(40(39)34(38)46)12-18-30(25(42)13-19(35)31(18)43)29(17)16-5-6-26(47-2)24(41)11-16/h5-7,11,13-15,22,29,41H,8-10,12H2,1-4H3. The summed E-state index contributed by atoms with van der Waals surface area (Å²) >= 11 is 3.21. The number of allylic oxidation sites excluding steroid dienone is 6. The molecule has 2 aromatic carbocycles. The number of phenols is 1. The van der Waals surface area contributed by atoms with E-state index in [2.05, 4.69) is 20.9 Å². The summed E-state index contributed by atoms with van der Waals surface area (Å²) < 4.78 is 21.2. The van der Waals surface area contributed by atoms with E-state index in [4.69, 9.17) is 14.2 Å². The predicted molar refractivity (Wildman–Crippen MR) is 180 cm³/mol. The van der Waals surface area contributed by atoms with Gasteiger partial charge in [0.1, 0.15) is 5.69 Å². The molecular weight excluding hydrogens is 702 g/mol. The van der Waals surface area contributed by atoms with Crippen LogP contribution in [0.2, 0.25) is 0 Å². The van der Waals surface area contributed by atoms with Crippen molar-refractivity contribution in [2.75, 3.05) is 21.3 Å². The van der Waals surface area contributed by atoms with E-state index in [1.54, 1.807) is 37.4 Å². The van der Waals surface area contributed by atoms with E-state index in [0.29, 0.717) is 33.7 Å². The van der Waals surface area contributed by atoms with Crippen LogP contribution in [0.3, 0.4) is 0 Å². The van der Waals surface area contributed by atoms with E-state index in [-0.39, 0.29) is 64.5 Å². The van der Waals surface area contributed by atoms with Gasteiger partial charge in [-0.2, -0.15) is 0 Å². The zero-order chi connectivity index (χ0) is 34.9. The molecule has 1 aliphatic heterocycles. The number of methoxy groups -OCH3 is 3. The Labute approximate surface area is 285 Å². The quantitative estimate of drug-likeness (QED) is 0.220. The molecule has 3 heterocycles. The summed E-state index contributed by atoms with van der Waals surface area (Å²) in [5.74, 6) is -0.597. The first kappa shape index (κ1) is 32.1. The minimum atomic E-state index is -0.785. The number of aromatic nitrogens is 5. The molecule has 0 radical (unpaired) electrons. The molecule has 1 N–H and O–H groups in total. The van der Waals surface area contributed by atoms with Gasteiger partial charge >= 0.3 is 11.4 Å². The number of carbonyl (C=O) groups excluding carboxylic acids is 2. The average Bonchev–Trinajstić information content (AvgIpc) is 3.34. The van der Waals surface area contributed by atoms with Gasteiger partial charge < -0.3 is 23.9 Å². The first-order valence-corrected chi connectivity index (χ1v) is 16.1. The number of hydrogen-bond donors (Lipinski definition) is 1. The highest BCUT2D eigenvalue weighted by atomic mass is 79.9. The summed E-state index contributed by atoms with van der Waals surface area (Å²) in [6.07, 6.45) is 3.00. The molecule has 2 aliphatic carbocycles. The third kappa shape index (κ3) is 4.90. The van der Waals surface area contributed by atoms with Crippen LogP contribution in [0.1, 0.15) is 29.6 Å². The lowest BCUT2D eigenvalue weighted by molar-refractivity contribution is -0.115. The third-order valence-corrected chi connectivity index (χ3v) is 10.0. The zero-order valence-corrected chi connectivity index (χ0v) is 28.4. The second-order valence-electron chi connectivity index (χ2n) is 11.9. The Kier molecular flexibility index (Phi) is 7.81. The number of fused-ring (bicyclic) bond motifs is 4. The first-order chi connectivity index (χ1) is 23.5. The molecule has 0 saturated carbocycles. The van der Waals surface area contributed by atoms with E-state index in [1.165, 1.54) is 47.4 Å². The Bertz CT molecular complexity index is 2410. The summed E-state index contributed by atoms with van der Waals surface area (Å²) in [5.41, 5.74) is 1.17. The lowest BCUT2D eigenvalue weighted by Crippen LogP contribution is -2.40. The molecule has 49 heavy (non-hydrogen) atoms. The molecule has 252 valence electrons. The van der Waals surface area contributed by atoms with Crippen LogP contribution in [0.15, 0.2) is 78.1 Å². The van der Waals surface area contributed by atoms with Gasteiger partial charge in [0.25, 0.3) is 5.56 Å². The number of aromatic hydroxyl groups is 1. The van der Waals surface area contributed by atoms with Crippen molar-refractivity contribution < 1.29 is 28.9 Å². The van der Waals surface area contributed by atoms with Crippen molar-refractivity contribution in [3.8, 4) is 23.0 Å². The summed E-state index contributed by atoms with van der Waals surface area (Å²) in [7, 11) is 6.00. The fourth-order valence-electron chi connectivity index (χ4n) is 7.07. The Balaban J connectivity index is 1.29.